The molecule has 0 N–H and O–H groups in total. The van der Waals surface area contributed by atoms with Crippen molar-refractivity contribution < 1.29 is 0 Å². The summed E-state index contributed by atoms with van der Waals surface area (Å²) in [5.74, 6) is 0. The summed E-state index contributed by atoms with van der Waals surface area (Å²) in [7, 11) is -0.600. The van der Waals surface area contributed by atoms with Gasteiger partial charge in [-0.15, -0.1) is 11.6 Å². The summed E-state index contributed by atoms with van der Waals surface area (Å²) in [6.07, 6.45) is 31.9. The third-order valence-electron chi connectivity index (χ3n) is 6.31. The second kappa shape index (κ2) is 23.8. The molecule has 0 bridgehead atoms. The zero-order valence-corrected chi connectivity index (χ0v) is 22.0. The maximum absolute atomic E-state index is 6.37. The Balaban J connectivity index is 3.03. The van der Waals surface area contributed by atoms with Crippen molar-refractivity contribution in [3.05, 3.63) is 0 Å². The minimum absolute atomic E-state index is 0.528. The molecule has 0 fully saturated rings. The highest BCUT2D eigenvalue weighted by molar-refractivity contribution is 6.67. The molecule has 0 saturated heterocycles. The van der Waals surface area contributed by atoms with E-state index in [9.17, 15) is 0 Å². The fourth-order valence-corrected chi connectivity index (χ4v) is 5.16. The van der Waals surface area contributed by atoms with Crippen LogP contribution in [-0.4, -0.2) is 13.8 Å². The molecule has 170 valence electrons. The zero-order valence-electron chi connectivity index (χ0n) is 20.1. The molecule has 0 aromatic carbocycles. The van der Waals surface area contributed by atoms with Gasteiger partial charge in [0.1, 0.15) is 0 Å². The van der Waals surface area contributed by atoms with Gasteiger partial charge in [0.15, 0.2) is 0 Å². The lowest BCUT2D eigenvalue weighted by Gasteiger charge is -2.11. The summed E-state index contributed by atoms with van der Waals surface area (Å²) in [4.78, 5) is 0. The van der Waals surface area contributed by atoms with Crippen molar-refractivity contribution in [1.82, 2.24) is 0 Å². The summed E-state index contributed by atoms with van der Waals surface area (Å²) in [5.41, 5.74) is 0. The topological polar surface area (TPSA) is 0 Å². The van der Waals surface area contributed by atoms with E-state index in [4.69, 9.17) is 11.6 Å². The number of hydrogen-bond donors (Lipinski definition) is 0. The van der Waals surface area contributed by atoms with Crippen LogP contribution < -0.4 is 0 Å². The normalized spacial score (nSPS) is 12.8. The van der Waals surface area contributed by atoms with Gasteiger partial charge in [-0.2, -0.15) is 0 Å². The van der Waals surface area contributed by atoms with Gasteiger partial charge < -0.3 is 0 Å². The third-order valence-corrected chi connectivity index (χ3v) is 9.82. The van der Waals surface area contributed by atoms with E-state index >= 15 is 0 Å². The molecule has 0 aromatic heterocycles. The maximum Gasteiger partial charge on any atom is 0.0518 e. The van der Waals surface area contributed by atoms with E-state index in [-0.39, 0.29) is 0 Å². The first-order valence-electron chi connectivity index (χ1n) is 13.3. The molecule has 28 heavy (non-hydrogen) atoms. The summed E-state index contributed by atoms with van der Waals surface area (Å²) in [6, 6.07) is 0. The van der Waals surface area contributed by atoms with Gasteiger partial charge in [0.05, 0.1) is 8.80 Å². The van der Waals surface area contributed by atoms with Crippen molar-refractivity contribution in [2.75, 3.05) is 0 Å². The summed E-state index contributed by atoms with van der Waals surface area (Å²) < 4.78 is 0. The molecule has 0 heterocycles. The lowest BCUT2D eigenvalue weighted by atomic mass is 10.0. The van der Waals surface area contributed by atoms with Crippen LogP contribution in [0.2, 0.25) is 13.1 Å². The first kappa shape index (κ1) is 28.5. The van der Waals surface area contributed by atoms with E-state index in [2.05, 4.69) is 20.0 Å². The third kappa shape index (κ3) is 22.8. The molecule has 0 nitrogen and oxygen atoms in total. The molecular weight excluding hydrogens is 376 g/mol. The maximum atomic E-state index is 6.37. The Morgan fingerprint density at radius 3 is 0.964 bits per heavy atom. The van der Waals surface area contributed by atoms with Gasteiger partial charge in [0.2, 0.25) is 0 Å². The lowest BCUT2D eigenvalue weighted by Crippen LogP contribution is -2.17. The fraction of sp³-hybridized carbons (Fsp3) is 1.00. The van der Waals surface area contributed by atoms with Crippen LogP contribution in [0.4, 0.5) is 0 Å². The Labute approximate surface area is 186 Å². The van der Waals surface area contributed by atoms with Crippen LogP contribution in [0.5, 0.6) is 0 Å². The molecule has 0 radical (unpaired) electrons. The Morgan fingerprint density at radius 1 is 0.464 bits per heavy atom. The highest BCUT2D eigenvalue weighted by Crippen LogP contribution is 2.16. The molecule has 0 aromatic rings. The van der Waals surface area contributed by atoms with Crippen LogP contribution in [0, 0.1) is 0 Å². The van der Waals surface area contributed by atoms with Gasteiger partial charge in [0.25, 0.3) is 0 Å². The van der Waals surface area contributed by atoms with Crippen LogP contribution in [0.25, 0.3) is 0 Å². The monoisotopic (exact) mass is 430 g/mol. The van der Waals surface area contributed by atoms with Gasteiger partial charge in [-0.25, -0.2) is 0 Å². The molecule has 0 amide bonds. The zero-order chi connectivity index (χ0) is 20.7. The first-order chi connectivity index (χ1) is 13.7. The minimum Gasteiger partial charge on any atom is -0.127 e. The Bertz CT molecular complexity index is 280. The summed E-state index contributed by atoms with van der Waals surface area (Å²) in [6.45, 7) is 7.04. The number of alkyl halides is 1. The van der Waals surface area contributed by atoms with Crippen LogP contribution in [0.3, 0.4) is 0 Å². The standard InChI is InChI=1S/C26H55ClSi/c1-4-5-6-7-8-9-10-11-12-13-14-15-16-17-18-19-20-21-22-23-24-25-26(27)28(2)3/h26,28H,4-25H2,1-3H3. The molecule has 1 atom stereocenters. The smallest absolute Gasteiger partial charge is 0.0518 e. The summed E-state index contributed by atoms with van der Waals surface area (Å²) >= 11 is 6.37. The van der Waals surface area contributed by atoms with E-state index in [1.54, 1.807) is 0 Å². The summed E-state index contributed by atoms with van der Waals surface area (Å²) in [5, 5.41) is 0.528. The highest BCUT2D eigenvalue weighted by Gasteiger charge is 2.09. The number of hydrogen-bond acceptors (Lipinski definition) is 0. The van der Waals surface area contributed by atoms with E-state index in [1.165, 1.54) is 141 Å². The average Bonchev–Trinajstić information content (AvgIpc) is 2.68. The molecule has 0 rings (SSSR count). The number of rotatable bonds is 23. The van der Waals surface area contributed by atoms with Crippen LogP contribution >= 0.6 is 11.6 Å². The van der Waals surface area contributed by atoms with Gasteiger partial charge in [0, 0.05) is 5.00 Å². The van der Waals surface area contributed by atoms with E-state index < -0.39 is 8.80 Å². The Hall–Kier alpha value is 0.507. The molecule has 0 aliphatic heterocycles. The Kier molecular flexibility index (Phi) is 24.2. The second-order valence-corrected chi connectivity index (χ2v) is 13.9. The van der Waals surface area contributed by atoms with Gasteiger partial charge in [-0.1, -0.05) is 155 Å². The van der Waals surface area contributed by atoms with Crippen molar-refractivity contribution in [3.63, 3.8) is 0 Å². The quantitative estimate of drug-likeness (QED) is 0.0858. The van der Waals surface area contributed by atoms with Crippen molar-refractivity contribution in [2.45, 2.75) is 166 Å². The van der Waals surface area contributed by atoms with E-state index in [0.29, 0.717) is 5.00 Å². The molecule has 1 unspecified atom stereocenters. The molecule has 0 spiro atoms. The minimum atomic E-state index is -0.600. The first-order valence-corrected chi connectivity index (χ1v) is 16.7. The van der Waals surface area contributed by atoms with Crippen LogP contribution in [-0.2, 0) is 0 Å². The molecular formula is C26H55ClSi. The van der Waals surface area contributed by atoms with Crippen molar-refractivity contribution in [3.8, 4) is 0 Å². The number of halogens is 1. The molecule has 2 heteroatoms. The molecule has 0 aliphatic rings. The molecule has 0 aliphatic carbocycles. The predicted molar refractivity (Wildman–Crippen MR) is 136 cm³/mol. The lowest BCUT2D eigenvalue weighted by molar-refractivity contribution is 0.519. The number of unbranched alkanes of at least 4 members (excludes halogenated alkanes) is 20. The fourth-order valence-electron chi connectivity index (χ4n) is 4.10. The predicted octanol–water partition coefficient (Wildman–Crippen LogP) is 10.2. The average molecular weight is 431 g/mol. The van der Waals surface area contributed by atoms with Crippen LogP contribution in [0.1, 0.15) is 148 Å². The van der Waals surface area contributed by atoms with Gasteiger partial charge >= 0.3 is 0 Å². The van der Waals surface area contributed by atoms with Crippen molar-refractivity contribution in [2.24, 2.45) is 0 Å². The van der Waals surface area contributed by atoms with Gasteiger partial charge in [-0.3, -0.25) is 0 Å². The highest BCUT2D eigenvalue weighted by atomic mass is 35.5. The SMILES string of the molecule is CCCCCCCCCCCCCCCCCCCCCCCC(Cl)[SiH](C)C. The van der Waals surface area contributed by atoms with Crippen molar-refractivity contribution in [1.29, 1.82) is 0 Å². The van der Waals surface area contributed by atoms with Gasteiger partial charge in [-0.05, 0) is 6.42 Å². The Morgan fingerprint density at radius 2 is 0.714 bits per heavy atom. The second-order valence-electron chi connectivity index (χ2n) is 9.62. The largest absolute Gasteiger partial charge is 0.127 e. The van der Waals surface area contributed by atoms with E-state index in [1.807, 2.05) is 0 Å². The van der Waals surface area contributed by atoms with Crippen LogP contribution in [0.15, 0.2) is 0 Å². The van der Waals surface area contributed by atoms with Crippen molar-refractivity contribution >= 4 is 20.4 Å². The molecule has 0 saturated carbocycles. The van der Waals surface area contributed by atoms with E-state index in [0.717, 1.165) is 0 Å².